The van der Waals surface area contributed by atoms with Crippen molar-refractivity contribution in [1.82, 2.24) is 9.44 Å². The van der Waals surface area contributed by atoms with Crippen LogP contribution in [0.2, 0.25) is 0 Å². The van der Waals surface area contributed by atoms with Gasteiger partial charge in [-0.3, -0.25) is 0 Å². The molecule has 0 fully saturated rings. The third-order valence-electron chi connectivity index (χ3n) is 3.24. The maximum Gasteiger partial charge on any atom is 0.213 e. The number of hydrogen-bond donors (Lipinski definition) is 2. The minimum atomic E-state index is -3.58. The van der Waals surface area contributed by atoms with E-state index in [2.05, 4.69) is 9.44 Å². The molecule has 0 aliphatic carbocycles. The molecule has 24 heavy (non-hydrogen) atoms. The van der Waals surface area contributed by atoms with Gasteiger partial charge in [0.1, 0.15) is 5.76 Å². The third kappa shape index (κ3) is 6.83. The van der Waals surface area contributed by atoms with Gasteiger partial charge in [-0.05, 0) is 24.1 Å². The predicted octanol–water partition coefficient (Wildman–Crippen LogP) is 0.861. The van der Waals surface area contributed by atoms with Gasteiger partial charge < -0.3 is 4.42 Å². The molecule has 0 unspecified atom stereocenters. The molecule has 1 aromatic heterocycles. The van der Waals surface area contributed by atoms with Gasteiger partial charge in [0.15, 0.2) is 0 Å². The summed E-state index contributed by atoms with van der Waals surface area (Å²) in [5.41, 5.74) is 0.913. The van der Waals surface area contributed by atoms with Gasteiger partial charge in [0.2, 0.25) is 20.0 Å². The summed E-state index contributed by atoms with van der Waals surface area (Å²) in [5.74, 6) is 0.0665. The van der Waals surface area contributed by atoms with Crippen LogP contribution in [0.5, 0.6) is 0 Å². The Balaban J connectivity index is 1.73. The second-order valence-corrected chi connectivity index (χ2v) is 9.02. The highest BCUT2D eigenvalue weighted by Crippen LogP contribution is 2.02. The van der Waals surface area contributed by atoms with E-state index in [4.69, 9.17) is 4.42 Å². The number of nitrogens with one attached hydrogen (secondary N) is 2. The fourth-order valence-electron chi connectivity index (χ4n) is 1.97. The molecule has 7 nitrogen and oxygen atoms in total. The Bertz CT molecular complexity index is 816. The molecule has 9 heteroatoms. The molecule has 0 saturated carbocycles. The summed E-state index contributed by atoms with van der Waals surface area (Å²) >= 11 is 0. The van der Waals surface area contributed by atoms with Crippen molar-refractivity contribution in [1.29, 1.82) is 0 Å². The largest absolute Gasteiger partial charge is 0.468 e. The Labute approximate surface area is 142 Å². The van der Waals surface area contributed by atoms with Crippen molar-refractivity contribution in [3.8, 4) is 0 Å². The molecule has 0 radical (unpaired) electrons. The van der Waals surface area contributed by atoms with Crippen molar-refractivity contribution < 1.29 is 21.3 Å². The summed E-state index contributed by atoms with van der Waals surface area (Å²) < 4.78 is 57.1. The van der Waals surface area contributed by atoms with Crippen LogP contribution in [0.4, 0.5) is 0 Å². The highest BCUT2D eigenvalue weighted by Gasteiger charge is 2.14. The molecule has 0 atom stereocenters. The lowest BCUT2D eigenvalue weighted by Gasteiger charge is -2.08. The van der Waals surface area contributed by atoms with E-state index in [1.165, 1.54) is 6.26 Å². The summed E-state index contributed by atoms with van der Waals surface area (Å²) in [6.45, 7) is -0.138. The molecular weight excluding hydrogens is 352 g/mol. The van der Waals surface area contributed by atoms with Gasteiger partial charge in [-0.1, -0.05) is 30.3 Å². The number of sulfonamides is 2. The van der Waals surface area contributed by atoms with E-state index >= 15 is 0 Å². The van der Waals surface area contributed by atoms with Crippen LogP contribution in [-0.4, -0.2) is 34.9 Å². The normalized spacial score (nSPS) is 12.3. The topological polar surface area (TPSA) is 105 Å². The number of hydrogen-bond acceptors (Lipinski definition) is 5. The van der Waals surface area contributed by atoms with E-state index in [0.717, 1.165) is 5.56 Å². The van der Waals surface area contributed by atoms with Crippen LogP contribution >= 0.6 is 0 Å². The number of aryl methyl sites for hydroxylation is 1. The number of benzene rings is 1. The Morgan fingerprint density at radius 1 is 0.833 bits per heavy atom. The second kappa shape index (κ2) is 8.43. The number of rotatable bonds is 10. The van der Waals surface area contributed by atoms with Gasteiger partial charge in [-0.2, -0.15) is 0 Å². The van der Waals surface area contributed by atoms with E-state index in [0.29, 0.717) is 12.2 Å². The first-order chi connectivity index (χ1) is 11.4. The lowest BCUT2D eigenvalue weighted by Crippen LogP contribution is -2.35. The molecule has 0 spiro atoms. The van der Waals surface area contributed by atoms with Gasteiger partial charge in [-0.25, -0.2) is 26.3 Å². The van der Waals surface area contributed by atoms with Gasteiger partial charge in [-0.15, -0.1) is 0 Å². The second-order valence-electron chi connectivity index (χ2n) is 5.17. The van der Waals surface area contributed by atoms with Crippen LogP contribution in [0, 0.1) is 0 Å². The average molecular weight is 372 g/mol. The summed E-state index contributed by atoms with van der Waals surface area (Å²) in [6, 6.07) is 12.5. The molecule has 0 saturated heterocycles. The van der Waals surface area contributed by atoms with Gasteiger partial charge in [0.25, 0.3) is 0 Å². The fraction of sp³-hybridized carbons (Fsp3) is 0.333. The fourth-order valence-corrected chi connectivity index (χ4v) is 4.04. The van der Waals surface area contributed by atoms with E-state index in [-0.39, 0.29) is 24.6 Å². The Hall–Kier alpha value is -1.68. The zero-order valence-corrected chi connectivity index (χ0v) is 14.6. The maximum absolute atomic E-state index is 11.9. The van der Waals surface area contributed by atoms with Crippen molar-refractivity contribution in [2.24, 2.45) is 0 Å². The van der Waals surface area contributed by atoms with Gasteiger partial charge >= 0.3 is 0 Å². The van der Waals surface area contributed by atoms with Crippen molar-refractivity contribution >= 4 is 20.0 Å². The minimum absolute atomic E-state index is 0.0378. The zero-order valence-electron chi connectivity index (χ0n) is 13.0. The number of furan rings is 1. The van der Waals surface area contributed by atoms with Crippen molar-refractivity contribution in [2.45, 2.75) is 13.0 Å². The first-order valence-corrected chi connectivity index (χ1v) is 10.7. The molecule has 0 amide bonds. The lowest BCUT2D eigenvalue weighted by atomic mass is 10.2. The van der Waals surface area contributed by atoms with Crippen molar-refractivity contribution in [3.63, 3.8) is 0 Å². The predicted molar refractivity (Wildman–Crippen MR) is 91.3 cm³/mol. The molecular formula is C15H20N2O5S2. The summed E-state index contributed by atoms with van der Waals surface area (Å²) in [7, 11) is -7.11. The molecule has 0 aliphatic heterocycles. The summed E-state index contributed by atoms with van der Waals surface area (Å²) in [5, 5.41) is 0. The molecule has 1 aromatic carbocycles. The monoisotopic (exact) mass is 372 g/mol. The minimum Gasteiger partial charge on any atom is -0.468 e. The SMILES string of the molecule is O=S(=O)(CCc1ccccc1)NCCS(=O)(=O)NCc1ccco1. The van der Waals surface area contributed by atoms with E-state index in [1.54, 1.807) is 12.1 Å². The molecule has 1 heterocycles. The summed E-state index contributed by atoms with van der Waals surface area (Å²) in [4.78, 5) is 0. The quantitative estimate of drug-likeness (QED) is 0.643. The van der Waals surface area contributed by atoms with Crippen LogP contribution in [0.25, 0.3) is 0 Å². The lowest BCUT2D eigenvalue weighted by molar-refractivity contribution is 0.498. The van der Waals surface area contributed by atoms with Crippen molar-refractivity contribution in [3.05, 3.63) is 60.1 Å². The van der Waals surface area contributed by atoms with Gasteiger partial charge in [0, 0.05) is 6.54 Å². The van der Waals surface area contributed by atoms with Crippen LogP contribution in [-0.2, 0) is 33.0 Å². The molecule has 132 valence electrons. The van der Waals surface area contributed by atoms with Gasteiger partial charge in [0.05, 0.1) is 24.3 Å². The van der Waals surface area contributed by atoms with E-state index < -0.39 is 20.0 Å². The van der Waals surface area contributed by atoms with Crippen LogP contribution in [0.1, 0.15) is 11.3 Å². The van der Waals surface area contributed by atoms with E-state index in [1.807, 2.05) is 30.3 Å². The standard InChI is InChI=1S/C15H20N2O5S2/c18-23(19,11-8-14-5-2-1-3-6-14)16-9-12-24(20,21)17-13-15-7-4-10-22-15/h1-7,10,16-17H,8-9,11-13H2. The molecule has 0 bridgehead atoms. The highest BCUT2D eigenvalue weighted by atomic mass is 32.2. The first-order valence-electron chi connectivity index (χ1n) is 7.37. The van der Waals surface area contributed by atoms with Crippen LogP contribution in [0.15, 0.2) is 53.1 Å². The highest BCUT2D eigenvalue weighted by molar-refractivity contribution is 7.90. The van der Waals surface area contributed by atoms with Crippen LogP contribution in [0.3, 0.4) is 0 Å². The Morgan fingerprint density at radius 3 is 2.21 bits per heavy atom. The Kier molecular flexibility index (Phi) is 6.55. The molecule has 0 aliphatic rings. The third-order valence-corrected chi connectivity index (χ3v) is 5.95. The molecule has 2 rings (SSSR count). The maximum atomic E-state index is 11.9. The average Bonchev–Trinajstić information content (AvgIpc) is 3.05. The molecule has 2 aromatic rings. The van der Waals surface area contributed by atoms with Crippen molar-refractivity contribution in [2.75, 3.05) is 18.1 Å². The zero-order chi connectivity index (χ0) is 17.5. The smallest absolute Gasteiger partial charge is 0.213 e. The summed E-state index contributed by atoms with van der Waals surface area (Å²) in [6.07, 6.45) is 1.82. The Morgan fingerprint density at radius 2 is 1.54 bits per heavy atom. The first kappa shape index (κ1) is 18.7. The van der Waals surface area contributed by atoms with E-state index in [9.17, 15) is 16.8 Å². The van der Waals surface area contributed by atoms with Crippen LogP contribution < -0.4 is 9.44 Å². The molecule has 2 N–H and O–H groups in total.